The lowest BCUT2D eigenvalue weighted by Gasteiger charge is -2.26. The van der Waals surface area contributed by atoms with Gasteiger partial charge in [-0.05, 0) is 29.3 Å². The molecule has 1 aromatic heterocycles. The molecular formula is C14H13ClN2O3S. The van der Waals surface area contributed by atoms with Crippen molar-refractivity contribution in [1.82, 2.24) is 0 Å². The molecule has 1 unspecified atom stereocenters. The zero-order valence-electron chi connectivity index (χ0n) is 11.3. The van der Waals surface area contributed by atoms with E-state index in [1.807, 2.05) is 22.9 Å². The highest BCUT2D eigenvalue weighted by Gasteiger charge is 2.37. The third-order valence-electron chi connectivity index (χ3n) is 2.99. The average Bonchev–Trinajstić information content (AvgIpc) is 2.99. The predicted octanol–water partition coefficient (Wildman–Crippen LogP) is 2.61. The Labute approximate surface area is 131 Å². The molecule has 0 aromatic carbocycles. The van der Waals surface area contributed by atoms with E-state index >= 15 is 0 Å². The minimum Gasteiger partial charge on any atom is -0.463 e. The van der Waals surface area contributed by atoms with E-state index in [9.17, 15) is 10.1 Å². The Hall–Kier alpha value is -1.97. The van der Waals surface area contributed by atoms with Crippen LogP contribution in [0.2, 0.25) is 0 Å². The fraction of sp³-hybridized carbons (Fsp3) is 0.286. The summed E-state index contributed by atoms with van der Waals surface area (Å²) in [6, 6.07) is 3.84. The second-order valence-electron chi connectivity index (χ2n) is 4.17. The lowest BCUT2D eigenvalue weighted by Crippen LogP contribution is -2.26. The third kappa shape index (κ3) is 2.89. The summed E-state index contributed by atoms with van der Waals surface area (Å²) in [6.45, 7) is 1.92. The maximum absolute atomic E-state index is 12.3. The highest BCUT2D eigenvalue weighted by molar-refractivity contribution is 7.08. The number of ether oxygens (including phenoxy) is 2. The Morgan fingerprint density at radius 3 is 2.95 bits per heavy atom. The number of carbonyl (C=O) groups excluding carboxylic acids is 1. The lowest BCUT2D eigenvalue weighted by molar-refractivity contribution is -0.139. The number of nitrogens with zero attached hydrogens (tertiary/aromatic N) is 1. The summed E-state index contributed by atoms with van der Waals surface area (Å²) in [6.07, 6.45) is 0. The molecule has 21 heavy (non-hydrogen) atoms. The minimum atomic E-state index is -0.609. The quantitative estimate of drug-likeness (QED) is 0.679. The molecule has 2 N–H and O–H groups in total. The number of halogens is 1. The first-order chi connectivity index (χ1) is 10.1. The van der Waals surface area contributed by atoms with Crippen molar-refractivity contribution in [2.45, 2.75) is 12.8 Å². The van der Waals surface area contributed by atoms with Crippen LogP contribution in [0.15, 0.2) is 39.6 Å². The van der Waals surface area contributed by atoms with Crippen molar-refractivity contribution in [3.05, 3.63) is 45.2 Å². The van der Waals surface area contributed by atoms with Crippen LogP contribution in [-0.4, -0.2) is 18.5 Å². The molecule has 1 aromatic rings. The van der Waals surface area contributed by atoms with Gasteiger partial charge in [0.15, 0.2) is 0 Å². The number of nitriles is 1. The van der Waals surface area contributed by atoms with Crippen LogP contribution in [0.5, 0.6) is 0 Å². The molecule has 0 bridgehead atoms. The Morgan fingerprint density at radius 1 is 1.67 bits per heavy atom. The molecule has 1 atom stereocenters. The molecule has 1 aliphatic rings. The number of esters is 1. The highest BCUT2D eigenvalue weighted by Crippen LogP contribution is 2.40. The molecule has 0 amide bonds. The molecule has 1 aliphatic heterocycles. The number of carbonyl (C=O) groups is 1. The van der Waals surface area contributed by atoms with Gasteiger partial charge < -0.3 is 15.2 Å². The summed E-state index contributed by atoms with van der Waals surface area (Å²) < 4.78 is 10.4. The van der Waals surface area contributed by atoms with E-state index < -0.39 is 11.9 Å². The van der Waals surface area contributed by atoms with Gasteiger partial charge >= 0.3 is 5.97 Å². The van der Waals surface area contributed by atoms with E-state index in [1.165, 1.54) is 11.3 Å². The number of nitrogens with two attached hydrogens (primary N) is 1. The van der Waals surface area contributed by atoms with E-state index in [-0.39, 0.29) is 35.3 Å². The highest BCUT2D eigenvalue weighted by atomic mass is 35.5. The fourth-order valence-electron chi connectivity index (χ4n) is 2.12. The number of alkyl halides is 1. The van der Waals surface area contributed by atoms with Crippen LogP contribution in [0.25, 0.3) is 0 Å². The number of rotatable bonds is 4. The molecule has 0 saturated carbocycles. The van der Waals surface area contributed by atoms with Crippen molar-refractivity contribution in [3.63, 3.8) is 0 Å². The minimum absolute atomic E-state index is 0.0302. The Bertz CT molecular complexity index is 644. The van der Waals surface area contributed by atoms with Crippen molar-refractivity contribution in [2.75, 3.05) is 12.5 Å². The van der Waals surface area contributed by atoms with Crippen molar-refractivity contribution >= 4 is 28.9 Å². The van der Waals surface area contributed by atoms with Crippen LogP contribution in [0.4, 0.5) is 0 Å². The molecule has 0 fully saturated rings. The molecule has 5 nitrogen and oxygen atoms in total. The van der Waals surface area contributed by atoms with Gasteiger partial charge in [0.2, 0.25) is 5.88 Å². The second-order valence-corrected chi connectivity index (χ2v) is 5.22. The van der Waals surface area contributed by atoms with E-state index in [0.717, 1.165) is 5.56 Å². The fourth-order valence-corrected chi connectivity index (χ4v) is 3.01. The van der Waals surface area contributed by atoms with Crippen molar-refractivity contribution in [2.24, 2.45) is 5.73 Å². The Morgan fingerprint density at radius 2 is 2.43 bits per heavy atom. The molecule has 7 heteroatoms. The SMILES string of the molecule is CCOC(=O)C1=C(CCl)OC(N)=C(C#N)C1c1ccsc1. The second kappa shape index (κ2) is 6.66. The number of hydrogen-bond acceptors (Lipinski definition) is 6. The largest absolute Gasteiger partial charge is 0.463 e. The summed E-state index contributed by atoms with van der Waals surface area (Å²) in [5, 5.41) is 13.1. The Balaban J connectivity index is 2.59. The molecule has 0 radical (unpaired) electrons. The Kier molecular flexibility index (Phi) is 4.89. The zero-order valence-corrected chi connectivity index (χ0v) is 12.8. The molecular weight excluding hydrogens is 312 g/mol. The van der Waals surface area contributed by atoms with Crippen LogP contribution < -0.4 is 5.73 Å². The van der Waals surface area contributed by atoms with E-state index in [0.29, 0.717) is 0 Å². The van der Waals surface area contributed by atoms with Crippen molar-refractivity contribution in [1.29, 1.82) is 5.26 Å². The van der Waals surface area contributed by atoms with Gasteiger partial charge in [-0.25, -0.2) is 4.79 Å². The first-order valence-corrected chi connectivity index (χ1v) is 7.67. The maximum atomic E-state index is 12.3. The van der Waals surface area contributed by atoms with Gasteiger partial charge in [0.05, 0.1) is 24.0 Å². The molecule has 0 saturated heterocycles. The number of hydrogen-bond donors (Lipinski definition) is 1. The first-order valence-electron chi connectivity index (χ1n) is 6.19. The topological polar surface area (TPSA) is 85.3 Å². The van der Waals surface area contributed by atoms with Crippen LogP contribution >= 0.6 is 22.9 Å². The third-order valence-corrected chi connectivity index (χ3v) is 3.93. The van der Waals surface area contributed by atoms with Gasteiger partial charge in [-0.1, -0.05) is 0 Å². The monoisotopic (exact) mass is 324 g/mol. The van der Waals surface area contributed by atoms with Gasteiger partial charge in [0, 0.05) is 0 Å². The van der Waals surface area contributed by atoms with Crippen LogP contribution in [0.3, 0.4) is 0 Å². The van der Waals surface area contributed by atoms with Crippen LogP contribution in [0, 0.1) is 11.3 Å². The summed E-state index contributed by atoms with van der Waals surface area (Å²) in [7, 11) is 0. The van der Waals surface area contributed by atoms with E-state index in [1.54, 1.807) is 6.92 Å². The summed E-state index contributed by atoms with van der Waals surface area (Å²) in [4.78, 5) is 12.3. The van der Waals surface area contributed by atoms with Crippen LogP contribution in [0.1, 0.15) is 18.4 Å². The standard InChI is InChI=1S/C14H13ClN2O3S/c1-2-19-14(18)12-10(5-15)20-13(17)9(6-16)11(12)8-3-4-21-7-8/h3-4,7,11H,2,5,17H2,1H3. The predicted molar refractivity (Wildman–Crippen MR) is 79.4 cm³/mol. The number of allylic oxidation sites excluding steroid dienone is 2. The van der Waals surface area contributed by atoms with Gasteiger partial charge in [0.1, 0.15) is 17.4 Å². The van der Waals surface area contributed by atoms with Gasteiger partial charge in [-0.2, -0.15) is 16.6 Å². The van der Waals surface area contributed by atoms with Crippen molar-refractivity contribution in [3.8, 4) is 6.07 Å². The van der Waals surface area contributed by atoms with Gasteiger partial charge in [-0.15, -0.1) is 11.6 Å². The molecule has 2 heterocycles. The smallest absolute Gasteiger partial charge is 0.338 e. The first kappa shape index (κ1) is 15.4. The molecule has 2 rings (SSSR count). The van der Waals surface area contributed by atoms with Crippen molar-refractivity contribution < 1.29 is 14.3 Å². The molecule has 110 valence electrons. The summed E-state index contributed by atoms with van der Waals surface area (Å²) in [5.74, 6) is -0.999. The average molecular weight is 325 g/mol. The normalized spacial score (nSPS) is 18.2. The summed E-state index contributed by atoms with van der Waals surface area (Å²) in [5.41, 5.74) is 6.99. The maximum Gasteiger partial charge on any atom is 0.338 e. The van der Waals surface area contributed by atoms with E-state index in [2.05, 4.69) is 0 Å². The zero-order chi connectivity index (χ0) is 15.4. The molecule has 0 spiro atoms. The van der Waals surface area contributed by atoms with E-state index in [4.69, 9.17) is 26.8 Å². The number of thiophene rings is 1. The van der Waals surface area contributed by atoms with Gasteiger partial charge in [0.25, 0.3) is 0 Å². The summed E-state index contributed by atoms with van der Waals surface area (Å²) >= 11 is 7.31. The van der Waals surface area contributed by atoms with Gasteiger partial charge in [-0.3, -0.25) is 0 Å². The van der Waals surface area contributed by atoms with Crippen LogP contribution in [-0.2, 0) is 14.3 Å². The molecule has 0 aliphatic carbocycles. The lowest BCUT2D eigenvalue weighted by atomic mass is 9.84.